The summed E-state index contributed by atoms with van der Waals surface area (Å²) in [5, 5.41) is 9.38. The van der Waals surface area contributed by atoms with Crippen LogP contribution in [0.1, 0.15) is 20.7 Å². The van der Waals surface area contributed by atoms with Crippen LogP contribution in [-0.4, -0.2) is 16.9 Å². The topological polar surface area (TPSA) is 66.8 Å². The van der Waals surface area contributed by atoms with Gasteiger partial charge in [0, 0.05) is 0 Å². The van der Waals surface area contributed by atoms with Gasteiger partial charge in [0.25, 0.3) is 11.8 Å². The van der Waals surface area contributed by atoms with Crippen LogP contribution in [0.4, 0.5) is 5.69 Å². The van der Waals surface area contributed by atoms with E-state index in [0.717, 1.165) is 4.90 Å². The van der Waals surface area contributed by atoms with Crippen molar-refractivity contribution in [2.45, 2.75) is 0 Å². The van der Waals surface area contributed by atoms with Crippen LogP contribution in [0.2, 0.25) is 0 Å². The number of ether oxygens (including phenoxy) is 1. The predicted molar refractivity (Wildman–Crippen MR) is 92.2 cm³/mol. The minimum atomic E-state index is -0.413. The fraction of sp³-hybridized carbons (Fsp3) is 0. The third-order valence-electron chi connectivity index (χ3n) is 3.94. The number of phenolic OH excluding ortho intramolecular Hbond substituents is 1. The summed E-state index contributed by atoms with van der Waals surface area (Å²) >= 11 is 0. The van der Waals surface area contributed by atoms with Crippen molar-refractivity contribution < 1.29 is 19.4 Å². The monoisotopic (exact) mass is 331 g/mol. The van der Waals surface area contributed by atoms with Gasteiger partial charge in [-0.25, -0.2) is 4.90 Å². The maximum Gasteiger partial charge on any atom is 0.266 e. The molecule has 3 aromatic rings. The summed E-state index contributed by atoms with van der Waals surface area (Å²) in [5.41, 5.74) is 1.04. The molecular weight excluding hydrogens is 318 g/mol. The van der Waals surface area contributed by atoms with Crippen molar-refractivity contribution in [3.63, 3.8) is 0 Å². The van der Waals surface area contributed by atoms with Gasteiger partial charge in [-0.3, -0.25) is 9.59 Å². The van der Waals surface area contributed by atoms with Crippen molar-refractivity contribution in [3.05, 3.63) is 83.9 Å². The number of carbonyl (C=O) groups excluding carboxylic acids is 2. The second kappa shape index (κ2) is 5.79. The zero-order valence-electron chi connectivity index (χ0n) is 13.0. The van der Waals surface area contributed by atoms with Crippen LogP contribution in [0.15, 0.2) is 72.8 Å². The number of carbonyl (C=O) groups is 2. The number of para-hydroxylation sites is 1. The third kappa shape index (κ3) is 2.61. The number of rotatable bonds is 3. The van der Waals surface area contributed by atoms with E-state index in [-0.39, 0.29) is 5.75 Å². The molecule has 0 aromatic heterocycles. The molecule has 0 radical (unpaired) electrons. The van der Waals surface area contributed by atoms with E-state index in [1.807, 2.05) is 30.3 Å². The SMILES string of the molecule is O=C1c2ccc(Oc3ccccc3)cc2C(=O)N1c1ccc(O)cc1. The minimum absolute atomic E-state index is 0.0684. The quantitative estimate of drug-likeness (QED) is 0.737. The highest BCUT2D eigenvalue weighted by Crippen LogP contribution is 2.32. The fourth-order valence-corrected chi connectivity index (χ4v) is 2.74. The highest BCUT2D eigenvalue weighted by molar-refractivity contribution is 6.34. The average molecular weight is 331 g/mol. The van der Waals surface area contributed by atoms with Crippen LogP contribution >= 0.6 is 0 Å². The number of anilines is 1. The van der Waals surface area contributed by atoms with Crippen molar-refractivity contribution in [1.82, 2.24) is 0 Å². The normalized spacial score (nSPS) is 13.0. The van der Waals surface area contributed by atoms with Gasteiger partial charge in [0.15, 0.2) is 0 Å². The number of hydrogen-bond acceptors (Lipinski definition) is 4. The first kappa shape index (κ1) is 15.0. The lowest BCUT2D eigenvalue weighted by molar-refractivity contribution is 0.0926. The van der Waals surface area contributed by atoms with Gasteiger partial charge < -0.3 is 9.84 Å². The van der Waals surface area contributed by atoms with Crippen LogP contribution in [0.25, 0.3) is 0 Å². The lowest BCUT2D eigenvalue weighted by Gasteiger charge is -2.13. The largest absolute Gasteiger partial charge is 0.508 e. The average Bonchev–Trinajstić information content (AvgIpc) is 2.87. The Labute approximate surface area is 143 Å². The number of hydrogen-bond donors (Lipinski definition) is 1. The molecule has 0 fully saturated rings. The van der Waals surface area contributed by atoms with Crippen molar-refractivity contribution in [2.75, 3.05) is 4.90 Å². The second-order valence-electron chi connectivity index (χ2n) is 5.58. The van der Waals surface area contributed by atoms with E-state index in [2.05, 4.69) is 0 Å². The highest BCUT2D eigenvalue weighted by atomic mass is 16.5. The summed E-state index contributed by atoms with van der Waals surface area (Å²) in [5.74, 6) is 0.397. The molecule has 0 saturated heterocycles. The van der Waals surface area contributed by atoms with Crippen molar-refractivity contribution in [3.8, 4) is 17.2 Å². The molecule has 0 bridgehead atoms. The maximum absolute atomic E-state index is 12.7. The molecule has 5 heteroatoms. The number of nitrogens with zero attached hydrogens (tertiary/aromatic N) is 1. The number of benzene rings is 3. The molecule has 1 N–H and O–H groups in total. The second-order valence-corrected chi connectivity index (χ2v) is 5.58. The van der Waals surface area contributed by atoms with Crippen molar-refractivity contribution in [2.24, 2.45) is 0 Å². The molecule has 122 valence electrons. The molecule has 0 atom stereocenters. The summed E-state index contributed by atoms with van der Waals surface area (Å²) in [6, 6.07) is 19.9. The number of amides is 2. The predicted octanol–water partition coefficient (Wildman–Crippen LogP) is 3.99. The molecule has 5 nitrogen and oxygen atoms in total. The van der Waals surface area contributed by atoms with E-state index in [4.69, 9.17) is 4.74 Å². The summed E-state index contributed by atoms with van der Waals surface area (Å²) in [4.78, 5) is 26.3. The molecule has 0 aliphatic carbocycles. The molecule has 0 unspecified atom stereocenters. The lowest BCUT2D eigenvalue weighted by Crippen LogP contribution is -2.29. The summed E-state index contributed by atoms with van der Waals surface area (Å²) in [6.07, 6.45) is 0. The van der Waals surface area contributed by atoms with Gasteiger partial charge in [0.2, 0.25) is 0 Å². The maximum atomic E-state index is 12.7. The van der Waals surface area contributed by atoms with Gasteiger partial charge in [-0.05, 0) is 54.6 Å². The van der Waals surface area contributed by atoms with Crippen LogP contribution < -0.4 is 9.64 Å². The van der Waals surface area contributed by atoms with Crippen molar-refractivity contribution in [1.29, 1.82) is 0 Å². The Morgan fingerprint density at radius 2 is 1.40 bits per heavy atom. The van der Waals surface area contributed by atoms with Crippen LogP contribution in [0, 0.1) is 0 Å². The summed E-state index contributed by atoms with van der Waals surface area (Å²) in [6.45, 7) is 0. The van der Waals surface area contributed by atoms with E-state index >= 15 is 0 Å². The molecule has 0 saturated carbocycles. The molecule has 1 heterocycles. The van der Waals surface area contributed by atoms with Gasteiger partial charge in [0.05, 0.1) is 16.8 Å². The molecule has 4 rings (SSSR count). The molecular formula is C20H13NO4. The van der Waals surface area contributed by atoms with Gasteiger partial charge in [0.1, 0.15) is 17.2 Å². The summed E-state index contributed by atoms with van der Waals surface area (Å²) in [7, 11) is 0. The van der Waals surface area contributed by atoms with E-state index in [9.17, 15) is 14.7 Å². The first-order valence-electron chi connectivity index (χ1n) is 7.68. The van der Waals surface area contributed by atoms with E-state index in [1.165, 1.54) is 24.3 Å². The van der Waals surface area contributed by atoms with E-state index in [0.29, 0.717) is 28.3 Å². The Morgan fingerprint density at radius 1 is 0.720 bits per heavy atom. The Bertz CT molecular complexity index is 965. The highest BCUT2D eigenvalue weighted by Gasteiger charge is 2.37. The zero-order chi connectivity index (χ0) is 17.4. The smallest absolute Gasteiger partial charge is 0.266 e. The number of aromatic hydroxyl groups is 1. The molecule has 2 amide bonds. The first-order valence-corrected chi connectivity index (χ1v) is 7.68. The van der Waals surface area contributed by atoms with Gasteiger partial charge in [-0.2, -0.15) is 0 Å². The molecule has 0 spiro atoms. The lowest BCUT2D eigenvalue weighted by atomic mass is 10.1. The molecule has 25 heavy (non-hydrogen) atoms. The van der Waals surface area contributed by atoms with Crippen LogP contribution in [0.5, 0.6) is 17.2 Å². The zero-order valence-corrected chi connectivity index (χ0v) is 13.0. The van der Waals surface area contributed by atoms with E-state index < -0.39 is 11.8 Å². The Hall–Kier alpha value is -3.60. The van der Waals surface area contributed by atoms with Crippen LogP contribution in [0.3, 0.4) is 0 Å². The van der Waals surface area contributed by atoms with Gasteiger partial charge in [-0.15, -0.1) is 0 Å². The number of phenols is 1. The Kier molecular flexibility index (Phi) is 3.47. The Balaban J connectivity index is 1.68. The minimum Gasteiger partial charge on any atom is -0.508 e. The van der Waals surface area contributed by atoms with Gasteiger partial charge in [-0.1, -0.05) is 18.2 Å². The van der Waals surface area contributed by atoms with Gasteiger partial charge >= 0.3 is 0 Å². The fourth-order valence-electron chi connectivity index (χ4n) is 2.74. The number of imide groups is 1. The van der Waals surface area contributed by atoms with E-state index in [1.54, 1.807) is 18.2 Å². The molecule has 1 aliphatic rings. The third-order valence-corrected chi connectivity index (χ3v) is 3.94. The first-order chi connectivity index (χ1) is 12.1. The molecule has 1 aliphatic heterocycles. The summed E-state index contributed by atoms with van der Waals surface area (Å²) < 4.78 is 5.73. The number of fused-ring (bicyclic) bond motifs is 1. The van der Waals surface area contributed by atoms with Crippen LogP contribution in [-0.2, 0) is 0 Å². The molecule has 3 aromatic carbocycles. The van der Waals surface area contributed by atoms with Crippen molar-refractivity contribution >= 4 is 17.5 Å². The standard InChI is InChI=1S/C20H13NO4/c22-14-8-6-13(7-9-14)21-19(23)17-11-10-16(12-18(17)20(21)24)25-15-4-2-1-3-5-15/h1-12,22H. The Morgan fingerprint density at radius 3 is 2.12 bits per heavy atom.